The van der Waals surface area contributed by atoms with Crippen LogP contribution in [0.2, 0.25) is 0 Å². The Balaban J connectivity index is 2.25. The van der Waals surface area contributed by atoms with E-state index in [4.69, 9.17) is 4.74 Å². The molecule has 0 aliphatic rings. The zero-order valence-corrected chi connectivity index (χ0v) is 11.8. The van der Waals surface area contributed by atoms with E-state index in [1.807, 2.05) is 45.0 Å². The maximum atomic E-state index is 5.62. The summed E-state index contributed by atoms with van der Waals surface area (Å²) in [6.07, 6.45) is 0.193. The van der Waals surface area contributed by atoms with Gasteiger partial charge in [-0.05, 0) is 45.0 Å². The molecule has 2 aromatic rings. The van der Waals surface area contributed by atoms with Crippen LogP contribution in [0.4, 0.5) is 0 Å². The Morgan fingerprint density at radius 3 is 2.44 bits per heavy atom. The van der Waals surface area contributed by atoms with Crippen LogP contribution in [0.3, 0.4) is 0 Å². The molecule has 4 heteroatoms. The summed E-state index contributed by atoms with van der Waals surface area (Å²) in [6.45, 7) is 6.06. The fourth-order valence-corrected chi connectivity index (χ4v) is 1.99. The van der Waals surface area contributed by atoms with Gasteiger partial charge in [-0.25, -0.2) is 4.98 Å². The molecular formula is C14H18N2OS. The highest BCUT2D eigenvalue weighted by Gasteiger charge is 2.08. The van der Waals surface area contributed by atoms with Gasteiger partial charge in [0.2, 0.25) is 0 Å². The van der Waals surface area contributed by atoms with Crippen LogP contribution < -0.4 is 4.74 Å². The van der Waals surface area contributed by atoms with Crippen LogP contribution in [-0.4, -0.2) is 16.1 Å². The van der Waals surface area contributed by atoms with Crippen LogP contribution in [0, 0.1) is 6.92 Å². The Bertz CT molecular complexity index is 517. The second kappa shape index (κ2) is 5.48. The molecule has 0 radical (unpaired) electrons. The van der Waals surface area contributed by atoms with Gasteiger partial charge in [0.15, 0.2) is 0 Å². The van der Waals surface area contributed by atoms with E-state index in [0.29, 0.717) is 5.75 Å². The number of aromatic amines is 1. The smallest absolute Gasteiger partial charge is 0.119 e. The van der Waals surface area contributed by atoms with Gasteiger partial charge in [-0.1, -0.05) is 0 Å². The van der Waals surface area contributed by atoms with Gasteiger partial charge < -0.3 is 9.72 Å². The van der Waals surface area contributed by atoms with Gasteiger partial charge in [0.1, 0.15) is 11.6 Å². The van der Waals surface area contributed by atoms with Gasteiger partial charge >= 0.3 is 0 Å². The highest BCUT2D eigenvalue weighted by Crippen LogP contribution is 2.24. The Labute approximate surface area is 113 Å². The number of rotatable bonds is 4. The number of nitrogens with zero attached hydrogens (tertiary/aromatic N) is 1. The number of ether oxygens (including phenoxy) is 1. The third-order valence-electron chi connectivity index (χ3n) is 2.58. The molecule has 18 heavy (non-hydrogen) atoms. The molecule has 0 unspecified atom stereocenters. The lowest BCUT2D eigenvalue weighted by Crippen LogP contribution is -2.05. The van der Waals surface area contributed by atoms with Gasteiger partial charge in [0.05, 0.1) is 11.8 Å². The number of nitrogens with one attached hydrogen (secondary N) is 1. The van der Waals surface area contributed by atoms with Crippen LogP contribution in [0.25, 0.3) is 11.3 Å². The average Bonchev–Trinajstić information content (AvgIpc) is 2.71. The van der Waals surface area contributed by atoms with E-state index in [-0.39, 0.29) is 6.10 Å². The molecule has 1 heterocycles. The van der Waals surface area contributed by atoms with Crippen molar-refractivity contribution in [2.24, 2.45) is 0 Å². The second-order valence-electron chi connectivity index (χ2n) is 4.51. The SMILES string of the molecule is Cc1[nH]c(CS)nc1-c1ccc(OC(C)C)cc1. The minimum atomic E-state index is 0.193. The molecule has 2 rings (SSSR count). The molecule has 1 aromatic heterocycles. The molecule has 0 amide bonds. The van der Waals surface area contributed by atoms with Gasteiger partial charge in [0.25, 0.3) is 0 Å². The van der Waals surface area contributed by atoms with Gasteiger partial charge in [-0.15, -0.1) is 0 Å². The van der Waals surface area contributed by atoms with Crippen LogP contribution in [0.5, 0.6) is 5.75 Å². The summed E-state index contributed by atoms with van der Waals surface area (Å²) in [5, 5.41) is 0. The number of benzene rings is 1. The van der Waals surface area contributed by atoms with Crippen molar-refractivity contribution in [3.63, 3.8) is 0 Å². The number of hydrogen-bond acceptors (Lipinski definition) is 3. The lowest BCUT2D eigenvalue weighted by Gasteiger charge is -2.09. The number of hydrogen-bond donors (Lipinski definition) is 2. The Kier molecular flexibility index (Phi) is 3.97. The van der Waals surface area contributed by atoms with Crippen molar-refractivity contribution in [2.45, 2.75) is 32.6 Å². The first-order valence-corrected chi connectivity index (χ1v) is 6.67. The largest absolute Gasteiger partial charge is 0.491 e. The van der Waals surface area contributed by atoms with Crippen LogP contribution in [-0.2, 0) is 5.75 Å². The number of thiol groups is 1. The van der Waals surface area contributed by atoms with E-state index in [0.717, 1.165) is 28.5 Å². The third-order valence-corrected chi connectivity index (χ3v) is 2.88. The lowest BCUT2D eigenvalue weighted by atomic mass is 10.1. The minimum Gasteiger partial charge on any atom is -0.491 e. The zero-order valence-electron chi connectivity index (χ0n) is 10.9. The normalized spacial score (nSPS) is 10.9. The summed E-state index contributed by atoms with van der Waals surface area (Å²) < 4.78 is 5.62. The average molecular weight is 262 g/mol. The van der Waals surface area contributed by atoms with Crippen molar-refractivity contribution in [3.05, 3.63) is 35.8 Å². The number of imidazole rings is 1. The topological polar surface area (TPSA) is 37.9 Å². The number of aryl methyl sites for hydroxylation is 1. The van der Waals surface area contributed by atoms with Crippen molar-refractivity contribution in [1.82, 2.24) is 9.97 Å². The second-order valence-corrected chi connectivity index (χ2v) is 4.82. The van der Waals surface area contributed by atoms with Crippen LogP contribution >= 0.6 is 12.6 Å². The Hall–Kier alpha value is -1.42. The maximum absolute atomic E-state index is 5.62. The first-order valence-electron chi connectivity index (χ1n) is 6.03. The van der Waals surface area contributed by atoms with Crippen molar-refractivity contribution in [2.75, 3.05) is 0 Å². The molecule has 96 valence electrons. The third kappa shape index (κ3) is 2.88. The number of aromatic nitrogens is 2. The first kappa shape index (κ1) is 13.0. The van der Waals surface area contributed by atoms with Gasteiger partial charge in [-0.3, -0.25) is 0 Å². The quantitative estimate of drug-likeness (QED) is 0.826. The van der Waals surface area contributed by atoms with E-state index in [1.165, 1.54) is 0 Å². The molecule has 0 fully saturated rings. The summed E-state index contributed by atoms with van der Waals surface area (Å²) in [5.74, 6) is 2.40. The summed E-state index contributed by atoms with van der Waals surface area (Å²) in [5.41, 5.74) is 3.14. The summed E-state index contributed by atoms with van der Waals surface area (Å²) in [7, 11) is 0. The predicted molar refractivity (Wildman–Crippen MR) is 77.2 cm³/mol. The summed E-state index contributed by atoms with van der Waals surface area (Å²) >= 11 is 4.22. The molecule has 0 spiro atoms. The fraction of sp³-hybridized carbons (Fsp3) is 0.357. The predicted octanol–water partition coefficient (Wildman–Crippen LogP) is 3.60. The fourth-order valence-electron chi connectivity index (χ4n) is 1.84. The van der Waals surface area contributed by atoms with E-state index in [1.54, 1.807) is 0 Å². The monoisotopic (exact) mass is 262 g/mol. The molecular weight excluding hydrogens is 244 g/mol. The van der Waals surface area contributed by atoms with Crippen molar-refractivity contribution in [1.29, 1.82) is 0 Å². The zero-order chi connectivity index (χ0) is 13.1. The molecule has 3 nitrogen and oxygen atoms in total. The maximum Gasteiger partial charge on any atom is 0.119 e. The van der Waals surface area contributed by atoms with Crippen molar-refractivity contribution in [3.8, 4) is 17.0 Å². The molecule has 0 saturated heterocycles. The standard InChI is InChI=1S/C14H18N2OS/c1-9(2)17-12-6-4-11(5-7-12)14-10(3)15-13(8-18)16-14/h4-7,9,18H,8H2,1-3H3,(H,15,16). The highest BCUT2D eigenvalue weighted by atomic mass is 32.1. The molecule has 0 bridgehead atoms. The Morgan fingerprint density at radius 1 is 1.28 bits per heavy atom. The molecule has 0 atom stereocenters. The van der Waals surface area contributed by atoms with E-state index >= 15 is 0 Å². The van der Waals surface area contributed by atoms with Crippen LogP contribution in [0.15, 0.2) is 24.3 Å². The summed E-state index contributed by atoms with van der Waals surface area (Å²) in [4.78, 5) is 7.74. The van der Waals surface area contributed by atoms with E-state index < -0.39 is 0 Å². The lowest BCUT2D eigenvalue weighted by molar-refractivity contribution is 0.242. The van der Waals surface area contributed by atoms with Gasteiger partial charge in [0, 0.05) is 17.0 Å². The molecule has 1 aromatic carbocycles. The first-order chi connectivity index (χ1) is 8.60. The molecule has 0 saturated carbocycles. The van der Waals surface area contributed by atoms with E-state index in [2.05, 4.69) is 22.6 Å². The Morgan fingerprint density at radius 2 is 1.94 bits per heavy atom. The minimum absolute atomic E-state index is 0.193. The molecule has 0 aliphatic carbocycles. The van der Waals surface area contributed by atoms with Crippen molar-refractivity contribution < 1.29 is 4.74 Å². The molecule has 1 N–H and O–H groups in total. The van der Waals surface area contributed by atoms with E-state index in [9.17, 15) is 0 Å². The number of H-pyrrole nitrogens is 1. The van der Waals surface area contributed by atoms with Crippen molar-refractivity contribution >= 4 is 12.6 Å². The highest BCUT2D eigenvalue weighted by molar-refractivity contribution is 7.79. The van der Waals surface area contributed by atoms with Gasteiger partial charge in [-0.2, -0.15) is 12.6 Å². The van der Waals surface area contributed by atoms with Crippen LogP contribution in [0.1, 0.15) is 25.4 Å². The summed E-state index contributed by atoms with van der Waals surface area (Å²) in [6, 6.07) is 8.01. The molecule has 0 aliphatic heterocycles.